The van der Waals surface area contributed by atoms with Gasteiger partial charge in [0.25, 0.3) is 11.8 Å². The van der Waals surface area contributed by atoms with E-state index in [1.807, 2.05) is 28.5 Å². The summed E-state index contributed by atoms with van der Waals surface area (Å²) in [5.41, 5.74) is 2.56. The lowest BCUT2D eigenvalue weighted by atomic mass is 10.1. The fourth-order valence-electron chi connectivity index (χ4n) is 4.44. The van der Waals surface area contributed by atoms with E-state index in [-0.39, 0.29) is 23.9 Å². The summed E-state index contributed by atoms with van der Waals surface area (Å²) in [5.74, 6) is 0.278. The molecule has 4 heterocycles. The van der Waals surface area contributed by atoms with E-state index in [2.05, 4.69) is 17.2 Å². The molecule has 0 bridgehead atoms. The van der Waals surface area contributed by atoms with Crippen molar-refractivity contribution in [3.8, 4) is 5.88 Å². The second-order valence-electron chi connectivity index (χ2n) is 8.12. The molecule has 31 heavy (non-hydrogen) atoms. The minimum absolute atomic E-state index is 0.00583. The number of fused-ring (bicyclic) bond motifs is 1. The van der Waals surface area contributed by atoms with Gasteiger partial charge in [-0.2, -0.15) is 0 Å². The van der Waals surface area contributed by atoms with Crippen LogP contribution in [0.1, 0.15) is 71.4 Å². The van der Waals surface area contributed by atoms with Crippen molar-refractivity contribution >= 4 is 11.8 Å². The number of methoxy groups -OCH3 is 1. The van der Waals surface area contributed by atoms with Crippen molar-refractivity contribution in [2.75, 3.05) is 20.3 Å². The minimum atomic E-state index is -0.264. The molecule has 2 aromatic heterocycles. The zero-order valence-corrected chi connectivity index (χ0v) is 18.4. The third-order valence-corrected chi connectivity index (χ3v) is 6.21. The zero-order chi connectivity index (χ0) is 22.0. The number of rotatable bonds is 6. The number of ether oxygens (including phenoxy) is 2. The summed E-state index contributed by atoms with van der Waals surface area (Å²) >= 11 is 0. The molecule has 166 valence electrons. The number of carbonyl (C=O) groups is 2. The second kappa shape index (κ2) is 9.09. The summed E-state index contributed by atoms with van der Waals surface area (Å²) in [4.78, 5) is 32.9. The number of nitrogens with zero attached hydrogens (tertiary/aromatic N) is 3. The molecule has 0 radical (unpaired) electrons. The number of hydrogen-bond acceptors (Lipinski definition) is 5. The normalized spacial score (nSPS) is 19.1. The average molecular weight is 427 g/mol. The maximum absolute atomic E-state index is 13.3. The van der Waals surface area contributed by atoms with Crippen LogP contribution in [0.5, 0.6) is 5.88 Å². The van der Waals surface area contributed by atoms with Crippen molar-refractivity contribution in [1.82, 2.24) is 19.8 Å². The topological polar surface area (TPSA) is 85.7 Å². The molecule has 1 N–H and O–H groups in total. The van der Waals surface area contributed by atoms with Crippen LogP contribution in [-0.2, 0) is 17.9 Å². The lowest BCUT2D eigenvalue weighted by Gasteiger charge is -2.24. The third-order valence-electron chi connectivity index (χ3n) is 6.21. The van der Waals surface area contributed by atoms with Crippen LogP contribution in [0.15, 0.2) is 24.3 Å². The Hall–Kier alpha value is -2.87. The molecule has 4 rings (SSSR count). The van der Waals surface area contributed by atoms with Crippen molar-refractivity contribution in [2.45, 2.75) is 58.3 Å². The predicted molar refractivity (Wildman–Crippen MR) is 115 cm³/mol. The van der Waals surface area contributed by atoms with Crippen molar-refractivity contribution < 1.29 is 19.1 Å². The second-order valence-corrected chi connectivity index (χ2v) is 8.12. The number of likely N-dealkylation sites (tertiary alicyclic amines) is 1. The Labute approximate surface area is 182 Å². The van der Waals surface area contributed by atoms with Crippen LogP contribution >= 0.6 is 0 Å². The summed E-state index contributed by atoms with van der Waals surface area (Å²) in [7, 11) is 1.57. The molecular weight excluding hydrogens is 396 g/mol. The molecule has 2 atom stereocenters. The number of aromatic nitrogens is 2. The standard InChI is InChI=1S/C23H30N4O4/c1-4-17(18-8-5-9-21(24-18)30-3)25-22(28)16-13-19(27-11-12-31-14-20(16)27)23(29)26-10-6-7-15(26)2/h5,8-9,13,15,17H,4,6-7,10-12,14H2,1-3H3,(H,25,28)/t15-,17+/m0/s1. The molecule has 0 saturated carbocycles. The lowest BCUT2D eigenvalue weighted by molar-refractivity contribution is 0.0683. The molecule has 2 aromatic rings. The van der Waals surface area contributed by atoms with Gasteiger partial charge in [0, 0.05) is 25.2 Å². The molecule has 8 heteroatoms. The molecule has 0 aromatic carbocycles. The highest BCUT2D eigenvalue weighted by Crippen LogP contribution is 2.26. The van der Waals surface area contributed by atoms with E-state index in [1.165, 1.54) is 0 Å². The average Bonchev–Trinajstić information content (AvgIpc) is 3.40. The van der Waals surface area contributed by atoms with E-state index in [0.29, 0.717) is 43.3 Å². The quantitative estimate of drug-likeness (QED) is 0.768. The van der Waals surface area contributed by atoms with Crippen molar-refractivity contribution in [2.24, 2.45) is 0 Å². The van der Waals surface area contributed by atoms with Crippen LogP contribution in [-0.4, -0.2) is 52.6 Å². The van der Waals surface area contributed by atoms with Crippen LogP contribution in [0.3, 0.4) is 0 Å². The number of pyridine rings is 1. The van der Waals surface area contributed by atoms with Gasteiger partial charge in [-0.1, -0.05) is 13.0 Å². The fourth-order valence-corrected chi connectivity index (χ4v) is 4.44. The van der Waals surface area contributed by atoms with E-state index < -0.39 is 0 Å². The molecule has 8 nitrogen and oxygen atoms in total. The summed E-state index contributed by atoms with van der Waals surface area (Å²) in [6.45, 7) is 6.25. The first kappa shape index (κ1) is 21.4. The van der Waals surface area contributed by atoms with Crippen LogP contribution in [0, 0.1) is 0 Å². The number of carbonyl (C=O) groups excluding carboxylic acids is 2. The number of nitrogens with one attached hydrogen (secondary N) is 1. The Morgan fingerprint density at radius 2 is 2.19 bits per heavy atom. The van der Waals surface area contributed by atoms with Crippen LogP contribution in [0.2, 0.25) is 0 Å². The minimum Gasteiger partial charge on any atom is -0.481 e. The van der Waals surface area contributed by atoms with Gasteiger partial charge >= 0.3 is 0 Å². The Balaban J connectivity index is 1.61. The molecule has 2 amide bonds. The Kier molecular flexibility index (Phi) is 6.27. The maximum atomic E-state index is 13.3. The number of hydrogen-bond donors (Lipinski definition) is 1. The third kappa shape index (κ3) is 4.17. The summed E-state index contributed by atoms with van der Waals surface area (Å²) < 4.78 is 12.8. The molecule has 1 saturated heterocycles. The highest BCUT2D eigenvalue weighted by atomic mass is 16.5. The fraction of sp³-hybridized carbons (Fsp3) is 0.522. The Bertz CT molecular complexity index is 970. The van der Waals surface area contributed by atoms with Gasteiger partial charge in [0.15, 0.2) is 0 Å². The van der Waals surface area contributed by atoms with Gasteiger partial charge in [0.1, 0.15) is 5.69 Å². The monoisotopic (exact) mass is 426 g/mol. The van der Waals surface area contributed by atoms with E-state index in [9.17, 15) is 9.59 Å². The maximum Gasteiger partial charge on any atom is 0.270 e. The predicted octanol–water partition coefficient (Wildman–Crippen LogP) is 2.93. The summed E-state index contributed by atoms with van der Waals surface area (Å²) in [6.07, 6.45) is 2.71. The molecule has 2 aliphatic rings. The molecule has 0 unspecified atom stereocenters. The van der Waals surface area contributed by atoms with Crippen molar-refractivity contribution in [3.63, 3.8) is 0 Å². The first-order valence-corrected chi connectivity index (χ1v) is 11.0. The van der Waals surface area contributed by atoms with Gasteiger partial charge in [-0.25, -0.2) is 4.98 Å². The van der Waals surface area contributed by atoms with Crippen LogP contribution < -0.4 is 10.1 Å². The van der Waals surface area contributed by atoms with Gasteiger partial charge in [-0.3, -0.25) is 9.59 Å². The van der Waals surface area contributed by atoms with Crippen molar-refractivity contribution in [3.05, 3.63) is 46.9 Å². The SMILES string of the molecule is CC[C@@H](NC(=O)c1cc(C(=O)N2CCC[C@@H]2C)n2c1COCC2)c1cccc(OC)n1. The Morgan fingerprint density at radius 3 is 2.90 bits per heavy atom. The van der Waals surface area contributed by atoms with Crippen molar-refractivity contribution in [1.29, 1.82) is 0 Å². The molecular formula is C23H30N4O4. The van der Waals surface area contributed by atoms with E-state index in [1.54, 1.807) is 19.2 Å². The van der Waals surface area contributed by atoms with E-state index in [4.69, 9.17) is 9.47 Å². The first-order valence-electron chi connectivity index (χ1n) is 11.0. The highest BCUT2D eigenvalue weighted by molar-refractivity contribution is 6.01. The van der Waals surface area contributed by atoms with Gasteiger partial charge < -0.3 is 24.3 Å². The molecule has 0 aliphatic carbocycles. The van der Waals surface area contributed by atoms with Gasteiger partial charge in [0.05, 0.1) is 43.3 Å². The summed E-state index contributed by atoms with van der Waals surface area (Å²) in [5, 5.41) is 3.08. The van der Waals surface area contributed by atoms with Crippen LogP contribution in [0.4, 0.5) is 0 Å². The van der Waals surface area contributed by atoms with Gasteiger partial charge in [0.2, 0.25) is 5.88 Å². The van der Waals surface area contributed by atoms with E-state index >= 15 is 0 Å². The smallest absolute Gasteiger partial charge is 0.270 e. The van der Waals surface area contributed by atoms with Gasteiger partial charge in [-0.15, -0.1) is 0 Å². The summed E-state index contributed by atoms with van der Waals surface area (Å²) in [6, 6.07) is 7.20. The van der Waals surface area contributed by atoms with Crippen LogP contribution in [0.25, 0.3) is 0 Å². The molecule has 2 aliphatic heterocycles. The number of amides is 2. The molecule has 0 spiro atoms. The molecule has 1 fully saturated rings. The van der Waals surface area contributed by atoms with E-state index in [0.717, 1.165) is 30.8 Å². The lowest BCUT2D eigenvalue weighted by Crippen LogP contribution is -2.35. The largest absolute Gasteiger partial charge is 0.481 e. The highest BCUT2D eigenvalue weighted by Gasteiger charge is 2.32. The Morgan fingerprint density at radius 1 is 1.35 bits per heavy atom. The van der Waals surface area contributed by atoms with Gasteiger partial charge in [-0.05, 0) is 38.3 Å². The zero-order valence-electron chi connectivity index (χ0n) is 18.4. The first-order chi connectivity index (χ1) is 15.0.